The lowest BCUT2D eigenvalue weighted by atomic mass is 10.2. The molecule has 0 amide bonds. The summed E-state index contributed by atoms with van der Waals surface area (Å²) in [6.07, 6.45) is 2.14. The Morgan fingerprint density at radius 1 is 1.04 bits per heavy atom. The van der Waals surface area contributed by atoms with E-state index in [1.165, 1.54) is 8.61 Å². The van der Waals surface area contributed by atoms with Gasteiger partial charge in [-0.05, 0) is 43.5 Å². The lowest BCUT2D eigenvalue weighted by Crippen LogP contribution is -2.38. The zero-order valence-corrected chi connectivity index (χ0v) is 15.3. The SMILES string of the molecule is O=S1(=O)N(CCC(O)CNC2CC2)c2ccccc2N1c1ccccc1. The summed E-state index contributed by atoms with van der Waals surface area (Å²) in [6.45, 7) is 0.749. The molecule has 6 nitrogen and oxygen atoms in total. The highest BCUT2D eigenvalue weighted by Crippen LogP contribution is 2.45. The van der Waals surface area contributed by atoms with Crippen molar-refractivity contribution in [1.82, 2.24) is 5.32 Å². The van der Waals surface area contributed by atoms with E-state index >= 15 is 0 Å². The highest BCUT2D eigenvalue weighted by molar-refractivity contribution is 7.95. The number of fused-ring (bicyclic) bond motifs is 1. The van der Waals surface area contributed by atoms with Crippen molar-refractivity contribution in [1.29, 1.82) is 0 Å². The fourth-order valence-corrected chi connectivity index (χ4v) is 4.95. The summed E-state index contributed by atoms with van der Waals surface area (Å²) in [5.41, 5.74) is 1.90. The first-order valence-corrected chi connectivity index (χ1v) is 10.4. The third-order valence-electron chi connectivity index (χ3n) is 4.75. The standard InChI is InChI=1S/C19H23N3O3S/c23-17(14-20-15-10-11-15)12-13-21-18-8-4-5-9-19(18)22(26(21,24)25)16-6-2-1-3-7-16/h1-9,15,17,20,23H,10-14H2. The second-order valence-electron chi connectivity index (χ2n) is 6.79. The van der Waals surface area contributed by atoms with Crippen LogP contribution < -0.4 is 13.9 Å². The van der Waals surface area contributed by atoms with Crippen molar-refractivity contribution in [2.75, 3.05) is 21.7 Å². The summed E-state index contributed by atoms with van der Waals surface area (Å²) in [6, 6.07) is 16.9. The number of benzene rings is 2. The van der Waals surface area contributed by atoms with Gasteiger partial charge in [-0.2, -0.15) is 8.42 Å². The Morgan fingerprint density at radius 2 is 1.69 bits per heavy atom. The molecule has 4 rings (SSSR count). The van der Waals surface area contributed by atoms with Crippen LogP contribution in [0, 0.1) is 0 Å². The zero-order chi connectivity index (χ0) is 18.1. The van der Waals surface area contributed by atoms with Gasteiger partial charge in [-0.25, -0.2) is 4.31 Å². The van der Waals surface area contributed by atoms with Gasteiger partial charge >= 0.3 is 10.2 Å². The van der Waals surface area contributed by atoms with Crippen LogP contribution in [0.15, 0.2) is 54.6 Å². The molecule has 2 aliphatic rings. The maximum Gasteiger partial charge on any atom is 0.330 e. The number of para-hydroxylation sites is 3. The van der Waals surface area contributed by atoms with Crippen molar-refractivity contribution >= 4 is 27.3 Å². The zero-order valence-electron chi connectivity index (χ0n) is 14.5. The molecule has 1 saturated carbocycles. The van der Waals surface area contributed by atoms with Crippen molar-refractivity contribution in [2.45, 2.75) is 31.4 Å². The molecular weight excluding hydrogens is 350 g/mol. The Labute approximate surface area is 154 Å². The largest absolute Gasteiger partial charge is 0.392 e. The van der Waals surface area contributed by atoms with Crippen LogP contribution in [-0.2, 0) is 10.2 Å². The van der Waals surface area contributed by atoms with E-state index in [-0.39, 0.29) is 6.54 Å². The van der Waals surface area contributed by atoms with E-state index in [1.807, 2.05) is 42.5 Å². The van der Waals surface area contributed by atoms with Gasteiger partial charge < -0.3 is 10.4 Å². The highest BCUT2D eigenvalue weighted by atomic mass is 32.2. The minimum Gasteiger partial charge on any atom is -0.392 e. The normalized spacial score (nSPS) is 19.4. The highest BCUT2D eigenvalue weighted by Gasteiger charge is 2.41. The molecule has 2 N–H and O–H groups in total. The fourth-order valence-electron chi connectivity index (χ4n) is 3.22. The average molecular weight is 373 g/mol. The van der Waals surface area contributed by atoms with Gasteiger partial charge in [0.15, 0.2) is 0 Å². The van der Waals surface area contributed by atoms with Crippen molar-refractivity contribution in [3.63, 3.8) is 0 Å². The van der Waals surface area contributed by atoms with Crippen LogP contribution in [0.1, 0.15) is 19.3 Å². The number of hydrogen-bond donors (Lipinski definition) is 2. The van der Waals surface area contributed by atoms with Crippen LogP contribution in [-0.4, -0.2) is 38.8 Å². The van der Waals surface area contributed by atoms with E-state index < -0.39 is 16.3 Å². The van der Waals surface area contributed by atoms with Crippen LogP contribution in [0.25, 0.3) is 0 Å². The molecule has 1 aliphatic heterocycles. The third-order valence-corrected chi connectivity index (χ3v) is 6.56. The average Bonchev–Trinajstić information content (AvgIpc) is 3.43. The van der Waals surface area contributed by atoms with Gasteiger partial charge in [0.2, 0.25) is 0 Å². The molecule has 0 spiro atoms. The minimum atomic E-state index is -3.72. The van der Waals surface area contributed by atoms with Crippen LogP contribution in [0.2, 0.25) is 0 Å². The minimum absolute atomic E-state index is 0.246. The first kappa shape index (κ1) is 17.3. The summed E-state index contributed by atoms with van der Waals surface area (Å²) in [7, 11) is -3.72. The molecule has 2 aromatic carbocycles. The first-order valence-electron chi connectivity index (χ1n) is 8.96. The van der Waals surface area contributed by atoms with E-state index in [0.717, 1.165) is 12.8 Å². The Morgan fingerprint density at radius 3 is 2.38 bits per heavy atom. The summed E-state index contributed by atoms with van der Waals surface area (Å²) < 4.78 is 29.2. The second-order valence-corrected chi connectivity index (χ2v) is 8.50. The van der Waals surface area contributed by atoms with Gasteiger partial charge in [0, 0.05) is 19.1 Å². The van der Waals surface area contributed by atoms with E-state index in [4.69, 9.17) is 0 Å². The van der Waals surface area contributed by atoms with Crippen LogP contribution in [0.5, 0.6) is 0 Å². The molecule has 0 aromatic heterocycles. The van der Waals surface area contributed by atoms with Crippen molar-refractivity contribution in [2.24, 2.45) is 0 Å². The van der Waals surface area contributed by atoms with E-state index in [9.17, 15) is 13.5 Å². The van der Waals surface area contributed by atoms with E-state index in [0.29, 0.717) is 36.1 Å². The number of nitrogens with one attached hydrogen (secondary N) is 1. The molecule has 0 saturated heterocycles. The second kappa shape index (κ2) is 6.90. The van der Waals surface area contributed by atoms with E-state index in [2.05, 4.69) is 5.32 Å². The van der Waals surface area contributed by atoms with Gasteiger partial charge in [-0.15, -0.1) is 0 Å². The van der Waals surface area contributed by atoms with Gasteiger partial charge in [-0.3, -0.25) is 4.31 Å². The Bertz CT molecular complexity index is 869. The van der Waals surface area contributed by atoms with Crippen LogP contribution in [0.3, 0.4) is 0 Å². The lowest BCUT2D eigenvalue weighted by molar-refractivity contribution is 0.164. The molecule has 1 heterocycles. The molecule has 26 heavy (non-hydrogen) atoms. The number of nitrogens with zero attached hydrogens (tertiary/aromatic N) is 2. The molecule has 0 bridgehead atoms. The molecule has 7 heteroatoms. The molecule has 1 aliphatic carbocycles. The van der Waals surface area contributed by atoms with Gasteiger partial charge in [0.05, 0.1) is 23.2 Å². The Hall–Kier alpha value is -2.09. The number of anilines is 3. The van der Waals surface area contributed by atoms with Crippen molar-refractivity contribution in [3.05, 3.63) is 54.6 Å². The molecular formula is C19H23N3O3S. The summed E-state index contributed by atoms with van der Waals surface area (Å²) in [4.78, 5) is 0. The van der Waals surface area contributed by atoms with Crippen LogP contribution >= 0.6 is 0 Å². The molecule has 0 radical (unpaired) electrons. The molecule has 138 valence electrons. The summed E-state index contributed by atoms with van der Waals surface area (Å²) >= 11 is 0. The lowest BCUT2D eigenvalue weighted by Gasteiger charge is -2.23. The molecule has 2 aromatic rings. The quantitative estimate of drug-likeness (QED) is 0.782. The maximum atomic E-state index is 13.2. The number of hydrogen-bond acceptors (Lipinski definition) is 4. The molecule has 1 atom stereocenters. The maximum absolute atomic E-state index is 13.2. The van der Waals surface area contributed by atoms with Crippen molar-refractivity contribution < 1.29 is 13.5 Å². The molecule has 1 unspecified atom stereocenters. The van der Waals surface area contributed by atoms with Gasteiger partial charge in [0.1, 0.15) is 0 Å². The predicted molar refractivity (Wildman–Crippen MR) is 103 cm³/mol. The van der Waals surface area contributed by atoms with Crippen LogP contribution in [0.4, 0.5) is 17.1 Å². The number of aliphatic hydroxyl groups excluding tert-OH is 1. The predicted octanol–water partition coefficient (Wildman–Crippen LogP) is 2.39. The first-order chi connectivity index (χ1) is 12.6. The Kier molecular flexibility index (Phi) is 4.60. The van der Waals surface area contributed by atoms with E-state index in [1.54, 1.807) is 12.1 Å². The fraction of sp³-hybridized carbons (Fsp3) is 0.368. The van der Waals surface area contributed by atoms with Gasteiger partial charge in [-0.1, -0.05) is 30.3 Å². The van der Waals surface area contributed by atoms with Gasteiger partial charge in [0.25, 0.3) is 0 Å². The molecule has 1 fully saturated rings. The van der Waals surface area contributed by atoms with Crippen molar-refractivity contribution in [3.8, 4) is 0 Å². The summed E-state index contributed by atoms with van der Waals surface area (Å²) in [5, 5.41) is 13.5. The summed E-state index contributed by atoms with van der Waals surface area (Å²) in [5.74, 6) is 0. The topological polar surface area (TPSA) is 72.9 Å². The third kappa shape index (κ3) is 3.30. The Balaban J connectivity index is 1.56. The number of aliphatic hydroxyl groups is 1. The monoisotopic (exact) mass is 373 g/mol. The smallest absolute Gasteiger partial charge is 0.330 e. The number of rotatable bonds is 7.